The topological polar surface area (TPSA) is 49.8 Å². The Hall–Kier alpha value is -1.00. The van der Waals surface area contributed by atoms with E-state index in [1.807, 2.05) is 6.92 Å². The highest BCUT2D eigenvalue weighted by Crippen LogP contribution is 2.06. The maximum atomic E-state index is 4.23. The zero-order valence-corrected chi connectivity index (χ0v) is 12.3. The third kappa shape index (κ3) is 5.56. The minimum absolute atomic E-state index is 0.186. The van der Waals surface area contributed by atoms with Gasteiger partial charge >= 0.3 is 0 Å². The summed E-state index contributed by atoms with van der Waals surface area (Å²) in [4.78, 5) is 0. The molecule has 0 bridgehead atoms. The predicted octanol–water partition coefficient (Wildman–Crippen LogP) is 1.83. The average Bonchev–Trinajstić information content (AvgIpc) is 2.27. The van der Waals surface area contributed by atoms with Crippen LogP contribution in [-0.4, -0.2) is 28.8 Å². The molecule has 0 spiro atoms. The molecule has 1 aromatic rings. The summed E-state index contributed by atoms with van der Waals surface area (Å²) in [6, 6.07) is 2.12. The van der Waals surface area contributed by atoms with E-state index in [4.69, 9.17) is 0 Å². The van der Waals surface area contributed by atoms with Crippen molar-refractivity contribution in [1.29, 1.82) is 0 Å². The summed E-state index contributed by atoms with van der Waals surface area (Å²) in [6.07, 6.45) is 0.935. The predicted molar refractivity (Wildman–Crippen MR) is 75.6 cm³/mol. The highest BCUT2D eigenvalue weighted by molar-refractivity contribution is 5.20. The maximum absolute atomic E-state index is 4.23. The molecule has 0 aromatic carbocycles. The highest BCUT2D eigenvalue weighted by Gasteiger charge is 2.07. The van der Waals surface area contributed by atoms with E-state index in [-0.39, 0.29) is 5.54 Å². The van der Waals surface area contributed by atoms with E-state index in [1.54, 1.807) is 0 Å². The number of hydrogen-bond acceptors (Lipinski definition) is 4. The summed E-state index contributed by atoms with van der Waals surface area (Å²) >= 11 is 0. The third-order valence-corrected chi connectivity index (χ3v) is 2.69. The summed E-state index contributed by atoms with van der Waals surface area (Å²) in [5, 5.41) is 15.2. The van der Waals surface area contributed by atoms with E-state index in [0.29, 0.717) is 0 Å². The summed E-state index contributed by atoms with van der Waals surface area (Å²) in [7, 11) is 0. The zero-order chi connectivity index (χ0) is 13.6. The molecule has 1 rings (SSSR count). The Kier molecular flexibility index (Phi) is 5.69. The zero-order valence-electron chi connectivity index (χ0n) is 12.3. The quantitative estimate of drug-likeness (QED) is 0.756. The molecule has 0 aliphatic carbocycles. The van der Waals surface area contributed by atoms with Crippen LogP contribution in [0.25, 0.3) is 0 Å². The molecule has 0 saturated heterocycles. The monoisotopic (exact) mass is 250 g/mol. The largest absolute Gasteiger partial charge is 0.311 e. The molecule has 0 fully saturated rings. The van der Waals surface area contributed by atoms with Gasteiger partial charge in [0.15, 0.2) is 0 Å². The summed E-state index contributed by atoms with van der Waals surface area (Å²) in [6.45, 7) is 13.4. The first-order valence-electron chi connectivity index (χ1n) is 6.70. The van der Waals surface area contributed by atoms with Crippen LogP contribution < -0.4 is 10.6 Å². The summed E-state index contributed by atoms with van der Waals surface area (Å²) in [5.41, 5.74) is 3.53. The fraction of sp³-hybridized carbons (Fsp3) is 0.714. The maximum Gasteiger partial charge on any atom is 0.0673 e. The van der Waals surface area contributed by atoms with Gasteiger partial charge in [0.2, 0.25) is 0 Å². The van der Waals surface area contributed by atoms with Gasteiger partial charge in [-0.05, 0) is 45.7 Å². The molecule has 4 heteroatoms. The van der Waals surface area contributed by atoms with Gasteiger partial charge in [0.25, 0.3) is 0 Å². The first-order chi connectivity index (χ1) is 8.42. The van der Waals surface area contributed by atoms with Crippen molar-refractivity contribution in [3.05, 3.63) is 23.0 Å². The van der Waals surface area contributed by atoms with E-state index in [2.05, 4.69) is 54.6 Å². The van der Waals surface area contributed by atoms with Crippen LogP contribution in [0.3, 0.4) is 0 Å². The van der Waals surface area contributed by atoms with Gasteiger partial charge in [-0.3, -0.25) is 0 Å². The molecular formula is C14H26N4. The molecular weight excluding hydrogens is 224 g/mol. The number of hydrogen-bond donors (Lipinski definition) is 2. The molecule has 0 aliphatic heterocycles. The van der Waals surface area contributed by atoms with Crippen LogP contribution in [0.4, 0.5) is 0 Å². The van der Waals surface area contributed by atoms with Gasteiger partial charge in [0, 0.05) is 25.2 Å². The van der Waals surface area contributed by atoms with Gasteiger partial charge in [-0.15, -0.1) is 0 Å². The van der Waals surface area contributed by atoms with Gasteiger partial charge in [0.1, 0.15) is 0 Å². The lowest BCUT2D eigenvalue weighted by Gasteiger charge is -2.20. The van der Waals surface area contributed by atoms with E-state index < -0.39 is 0 Å². The van der Waals surface area contributed by atoms with Gasteiger partial charge in [-0.2, -0.15) is 10.2 Å². The standard InChI is InChI=1S/C14H26N4/c1-6-13-12(9-11(2)17-18-13)10-15-7-8-16-14(3,4)5/h9,15-16H,6-8,10H2,1-5H3. The van der Waals surface area contributed by atoms with Crippen LogP contribution in [0, 0.1) is 6.92 Å². The lowest BCUT2D eigenvalue weighted by molar-refractivity contribution is 0.421. The van der Waals surface area contributed by atoms with E-state index >= 15 is 0 Å². The Bertz CT molecular complexity index is 369. The van der Waals surface area contributed by atoms with Crippen molar-refractivity contribution < 1.29 is 0 Å². The first kappa shape index (κ1) is 15.1. The summed E-state index contributed by atoms with van der Waals surface area (Å²) < 4.78 is 0. The van der Waals surface area contributed by atoms with Crippen LogP contribution in [0.5, 0.6) is 0 Å². The summed E-state index contributed by atoms with van der Waals surface area (Å²) in [5.74, 6) is 0. The molecule has 2 N–H and O–H groups in total. The molecule has 1 heterocycles. The van der Waals surface area contributed by atoms with Crippen molar-refractivity contribution in [3.63, 3.8) is 0 Å². The van der Waals surface area contributed by atoms with Gasteiger partial charge in [-0.25, -0.2) is 0 Å². The van der Waals surface area contributed by atoms with Crippen LogP contribution >= 0.6 is 0 Å². The Balaban J connectivity index is 2.37. The van der Waals surface area contributed by atoms with Crippen molar-refractivity contribution in [2.24, 2.45) is 0 Å². The minimum Gasteiger partial charge on any atom is -0.311 e. The third-order valence-electron chi connectivity index (χ3n) is 2.69. The number of nitrogens with zero attached hydrogens (tertiary/aromatic N) is 2. The van der Waals surface area contributed by atoms with Crippen LogP contribution in [0.1, 0.15) is 44.6 Å². The second kappa shape index (κ2) is 6.81. The number of rotatable bonds is 6. The second-order valence-corrected chi connectivity index (χ2v) is 5.66. The Morgan fingerprint density at radius 1 is 1.17 bits per heavy atom. The molecule has 0 atom stereocenters. The Labute approximate surface area is 111 Å². The lowest BCUT2D eigenvalue weighted by Crippen LogP contribution is -2.40. The molecule has 0 amide bonds. The molecule has 0 unspecified atom stereocenters. The van der Waals surface area contributed by atoms with Crippen molar-refractivity contribution in [3.8, 4) is 0 Å². The Morgan fingerprint density at radius 2 is 1.89 bits per heavy atom. The number of nitrogens with one attached hydrogen (secondary N) is 2. The van der Waals surface area contributed by atoms with Crippen molar-refractivity contribution >= 4 is 0 Å². The van der Waals surface area contributed by atoms with Gasteiger partial charge < -0.3 is 10.6 Å². The highest BCUT2D eigenvalue weighted by atomic mass is 15.1. The number of aromatic nitrogens is 2. The van der Waals surface area contributed by atoms with Gasteiger partial charge in [-0.1, -0.05) is 6.92 Å². The SMILES string of the molecule is CCc1nnc(C)cc1CNCCNC(C)(C)C. The van der Waals surface area contributed by atoms with E-state index in [0.717, 1.165) is 37.4 Å². The minimum atomic E-state index is 0.186. The first-order valence-corrected chi connectivity index (χ1v) is 6.70. The number of aryl methyl sites for hydroxylation is 2. The van der Waals surface area contributed by atoms with Crippen molar-refractivity contribution in [2.75, 3.05) is 13.1 Å². The molecule has 0 radical (unpaired) electrons. The van der Waals surface area contributed by atoms with Crippen LogP contribution in [0.15, 0.2) is 6.07 Å². The normalized spacial score (nSPS) is 11.8. The van der Waals surface area contributed by atoms with Gasteiger partial charge in [0.05, 0.1) is 11.4 Å². The smallest absolute Gasteiger partial charge is 0.0673 e. The van der Waals surface area contributed by atoms with E-state index in [9.17, 15) is 0 Å². The fourth-order valence-corrected chi connectivity index (χ4v) is 1.77. The average molecular weight is 250 g/mol. The van der Waals surface area contributed by atoms with Crippen molar-refractivity contribution in [1.82, 2.24) is 20.8 Å². The van der Waals surface area contributed by atoms with Crippen molar-refractivity contribution in [2.45, 2.75) is 53.1 Å². The molecule has 18 heavy (non-hydrogen) atoms. The molecule has 1 aromatic heterocycles. The van der Waals surface area contributed by atoms with Crippen LogP contribution in [-0.2, 0) is 13.0 Å². The van der Waals surface area contributed by atoms with E-state index in [1.165, 1.54) is 5.56 Å². The molecule has 0 aliphatic rings. The second-order valence-electron chi connectivity index (χ2n) is 5.66. The molecule has 4 nitrogen and oxygen atoms in total. The van der Waals surface area contributed by atoms with Crippen LogP contribution in [0.2, 0.25) is 0 Å². The Morgan fingerprint density at radius 3 is 2.50 bits per heavy atom. The fourth-order valence-electron chi connectivity index (χ4n) is 1.77. The molecule has 102 valence electrons. The lowest BCUT2D eigenvalue weighted by atomic mass is 10.1. The molecule has 0 saturated carbocycles.